The van der Waals surface area contributed by atoms with Crippen molar-refractivity contribution in [2.75, 3.05) is 0 Å². The van der Waals surface area contributed by atoms with Crippen molar-refractivity contribution in [1.82, 2.24) is 5.32 Å². The molecule has 1 unspecified atom stereocenters. The van der Waals surface area contributed by atoms with Crippen LogP contribution in [-0.4, -0.2) is 34.1 Å². The third-order valence-electron chi connectivity index (χ3n) is 2.16. The lowest BCUT2D eigenvalue weighted by Gasteiger charge is -2.13. The van der Waals surface area contributed by atoms with Crippen LogP contribution in [0.3, 0.4) is 0 Å². The summed E-state index contributed by atoms with van der Waals surface area (Å²) in [5.74, 6) is -3.31. The number of hydrogen-bond acceptors (Lipinski definition) is 3. The number of benzene rings is 1. The van der Waals surface area contributed by atoms with E-state index in [0.29, 0.717) is 8.04 Å². The Hall–Kier alpha value is -1.16. The molecule has 0 fully saturated rings. The van der Waals surface area contributed by atoms with Gasteiger partial charge < -0.3 is 15.5 Å². The molecule has 6 nitrogen and oxygen atoms in total. The van der Waals surface area contributed by atoms with Gasteiger partial charge in [0.15, 0.2) is 0 Å². The maximum atomic E-state index is 11.9. The van der Waals surface area contributed by atoms with Crippen LogP contribution in [0.5, 0.6) is 0 Å². The normalized spacial score (nSPS) is 11.7. The van der Waals surface area contributed by atoms with Crippen molar-refractivity contribution in [2.24, 2.45) is 0 Å². The predicted octanol–water partition coefficient (Wildman–Crippen LogP) is 1.71. The second-order valence-electron chi connectivity index (χ2n) is 3.59. The molecule has 1 rings (SSSR count). The summed E-state index contributed by atoms with van der Waals surface area (Å²) in [5.41, 5.74) is 0.284. The Labute approximate surface area is 130 Å². The Morgan fingerprint density at radius 1 is 1.32 bits per heavy atom. The van der Waals surface area contributed by atoms with Gasteiger partial charge in [0.05, 0.1) is 12.0 Å². The number of nitrogens with one attached hydrogen (secondary N) is 1. The van der Waals surface area contributed by atoms with E-state index < -0.39 is 30.3 Å². The lowest BCUT2D eigenvalue weighted by molar-refractivity contribution is -0.145. The average Bonchev–Trinajstić information content (AvgIpc) is 2.30. The maximum absolute atomic E-state index is 11.9. The topological polar surface area (TPSA) is 104 Å². The van der Waals surface area contributed by atoms with E-state index in [-0.39, 0.29) is 5.56 Å². The first-order valence-corrected chi connectivity index (χ1v) is 6.89. The highest BCUT2D eigenvalue weighted by Crippen LogP contribution is 2.18. The molecule has 1 aromatic carbocycles. The number of amides is 1. The number of carbonyl (C=O) groups is 3. The number of aliphatic carboxylic acids is 2. The molecule has 0 aliphatic rings. The standard InChI is InChI=1S/C11H9BrINO5/c12-5-1-2-7(13)6(3-5)10(17)14-8(11(18)19)4-9(15)16/h1-3,8H,4H2,(H,14,17)(H,15,16)(H,18,19). The molecule has 1 amide bonds. The van der Waals surface area contributed by atoms with Crippen LogP contribution in [-0.2, 0) is 9.59 Å². The molecule has 19 heavy (non-hydrogen) atoms. The summed E-state index contributed by atoms with van der Waals surface area (Å²) < 4.78 is 1.31. The van der Waals surface area contributed by atoms with Crippen molar-refractivity contribution in [3.8, 4) is 0 Å². The van der Waals surface area contributed by atoms with Gasteiger partial charge in [-0.05, 0) is 40.8 Å². The highest BCUT2D eigenvalue weighted by Gasteiger charge is 2.24. The Morgan fingerprint density at radius 3 is 2.47 bits per heavy atom. The molecule has 8 heteroatoms. The summed E-state index contributed by atoms with van der Waals surface area (Å²) in [7, 11) is 0. The molecule has 102 valence electrons. The zero-order valence-electron chi connectivity index (χ0n) is 9.39. The summed E-state index contributed by atoms with van der Waals surface area (Å²) in [6.07, 6.45) is -0.675. The van der Waals surface area contributed by atoms with Crippen molar-refractivity contribution in [1.29, 1.82) is 0 Å². The van der Waals surface area contributed by atoms with E-state index >= 15 is 0 Å². The second-order valence-corrected chi connectivity index (χ2v) is 5.66. The number of hydrogen-bond donors (Lipinski definition) is 3. The van der Waals surface area contributed by atoms with Crippen LogP contribution in [0, 0.1) is 3.57 Å². The molecule has 0 saturated carbocycles. The molecule has 1 aromatic rings. The molecule has 0 heterocycles. The highest BCUT2D eigenvalue weighted by molar-refractivity contribution is 14.1. The van der Waals surface area contributed by atoms with E-state index in [1.54, 1.807) is 12.1 Å². The van der Waals surface area contributed by atoms with E-state index in [1.807, 2.05) is 22.6 Å². The quantitative estimate of drug-likeness (QED) is 0.603. The monoisotopic (exact) mass is 441 g/mol. The Bertz CT molecular complexity index is 534. The van der Waals surface area contributed by atoms with Gasteiger partial charge in [-0.1, -0.05) is 15.9 Å². The molecular formula is C11H9BrINO5. The number of carboxylic acid groups (broad SMARTS) is 2. The van der Waals surface area contributed by atoms with E-state index in [1.165, 1.54) is 6.07 Å². The minimum absolute atomic E-state index is 0.284. The predicted molar refractivity (Wildman–Crippen MR) is 78.0 cm³/mol. The number of carbonyl (C=O) groups excluding carboxylic acids is 1. The molecule has 0 bridgehead atoms. The van der Waals surface area contributed by atoms with Crippen LogP contribution in [0.25, 0.3) is 0 Å². The second kappa shape index (κ2) is 6.85. The molecule has 0 radical (unpaired) electrons. The highest BCUT2D eigenvalue weighted by atomic mass is 127. The molecule has 0 spiro atoms. The van der Waals surface area contributed by atoms with Gasteiger partial charge in [0, 0.05) is 8.04 Å². The molecule has 0 aliphatic heterocycles. The van der Waals surface area contributed by atoms with Crippen LogP contribution in [0.15, 0.2) is 22.7 Å². The van der Waals surface area contributed by atoms with Crippen LogP contribution in [0.1, 0.15) is 16.8 Å². The lowest BCUT2D eigenvalue weighted by atomic mass is 10.1. The zero-order valence-corrected chi connectivity index (χ0v) is 13.1. The largest absolute Gasteiger partial charge is 0.481 e. The fraction of sp³-hybridized carbons (Fsp3) is 0.182. The van der Waals surface area contributed by atoms with Gasteiger partial charge in [-0.15, -0.1) is 0 Å². The molecule has 0 aliphatic carbocycles. The van der Waals surface area contributed by atoms with Crippen LogP contribution in [0.4, 0.5) is 0 Å². The summed E-state index contributed by atoms with van der Waals surface area (Å²) in [6.45, 7) is 0. The van der Waals surface area contributed by atoms with E-state index in [9.17, 15) is 14.4 Å². The van der Waals surface area contributed by atoms with Gasteiger partial charge in [0.2, 0.25) is 0 Å². The molecule has 0 saturated heterocycles. The number of rotatable bonds is 5. The smallest absolute Gasteiger partial charge is 0.326 e. The van der Waals surface area contributed by atoms with Gasteiger partial charge in [0.25, 0.3) is 5.91 Å². The van der Waals surface area contributed by atoms with E-state index in [4.69, 9.17) is 10.2 Å². The van der Waals surface area contributed by atoms with Gasteiger partial charge >= 0.3 is 11.9 Å². The zero-order chi connectivity index (χ0) is 14.6. The molecule has 0 aromatic heterocycles. The number of carboxylic acids is 2. The Kier molecular flexibility index (Phi) is 5.73. The van der Waals surface area contributed by atoms with Crippen molar-refractivity contribution < 1.29 is 24.6 Å². The lowest BCUT2D eigenvalue weighted by Crippen LogP contribution is -2.42. The SMILES string of the molecule is O=C(O)CC(NC(=O)c1cc(Br)ccc1I)C(=O)O. The van der Waals surface area contributed by atoms with Crippen LogP contribution < -0.4 is 5.32 Å². The minimum Gasteiger partial charge on any atom is -0.481 e. The Balaban J connectivity index is 2.90. The van der Waals surface area contributed by atoms with Gasteiger partial charge in [-0.3, -0.25) is 9.59 Å². The van der Waals surface area contributed by atoms with Crippen LogP contribution in [0.2, 0.25) is 0 Å². The van der Waals surface area contributed by atoms with Crippen molar-refractivity contribution in [3.63, 3.8) is 0 Å². The first-order valence-electron chi connectivity index (χ1n) is 5.01. The Morgan fingerprint density at radius 2 is 1.95 bits per heavy atom. The first-order chi connectivity index (χ1) is 8.81. The van der Waals surface area contributed by atoms with Crippen molar-refractivity contribution in [3.05, 3.63) is 31.8 Å². The maximum Gasteiger partial charge on any atom is 0.326 e. The summed E-state index contributed by atoms with van der Waals surface area (Å²) in [5, 5.41) is 19.6. The third kappa shape index (κ3) is 4.78. The number of halogens is 2. The fourth-order valence-corrected chi connectivity index (χ4v) is 2.22. The summed E-state index contributed by atoms with van der Waals surface area (Å²) >= 11 is 5.14. The first kappa shape index (κ1) is 15.9. The van der Waals surface area contributed by atoms with Crippen molar-refractivity contribution >= 4 is 56.4 Å². The molecule has 1 atom stereocenters. The summed E-state index contributed by atoms with van der Waals surface area (Å²) in [4.78, 5) is 33.3. The van der Waals surface area contributed by atoms with E-state index in [0.717, 1.165) is 0 Å². The third-order valence-corrected chi connectivity index (χ3v) is 3.59. The van der Waals surface area contributed by atoms with Gasteiger partial charge in [-0.25, -0.2) is 4.79 Å². The van der Waals surface area contributed by atoms with Crippen molar-refractivity contribution in [2.45, 2.75) is 12.5 Å². The minimum atomic E-state index is -1.46. The molecular weight excluding hydrogens is 433 g/mol. The van der Waals surface area contributed by atoms with Gasteiger partial charge in [-0.2, -0.15) is 0 Å². The molecule has 3 N–H and O–H groups in total. The van der Waals surface area contributed by atoms with E-state index in [2.05, 4.69) is 21.2 Å². The van der Waals surface area contributed by atoms with Gasteiger partial charge in [0.1, 0.15) is 6.04 Å². The average molecular weight is 442 g/mol. The van der Waals surface area contributed by atoms with Crippen LogP contribution >= 0.6 is 38.5 Å². The summed E-state index contributed by atoms with van der Waals surface area (Å²) in [6, 6.07) is 3.51. The fourth-order valence-electron chi connectivity index (χ4n) is 1.28.